The molecule has 0 saturated heterocycles. The molecule has 0 aliphatic heterocycles. The summed E-state index contributed by atoms with van der Waals surface area (Å²) in [6.07, 6.45) is 6.44. The highest BCUT2D eigenvalue weighted by molar-refractivity contribution is 6.08. The highest BCUT2D eigenvalue weighted by atomic mass is 14.7. The summed E-state index contributed by atoms with van der Waals surface area (Å²) in [5, 5.41) is 8.61. The molecule has 0 atom stereocenters. The average molecular weight is 223 g/mol. The van der Waals surface area contributed by atoms with E-state index in [1.54, 1.807) is 25.4 Å². The Balaban J connectivity index is 2.83. The molecule has 0 saturated carbocycles. The molecule has 0 amide bonds. The van der Waals surface area contributed by atoms with Crippen molar-refractivity contribution in [1.82, 2.24) is 4.98 Å². The average Bonchev–Trinajstić information content (AvgIpc) is 2.39. The van der Waals surface area contributed by atoms with E-state index in [2.05, 4.69) is 28.7 Å². The normalized spacial score (nSPS) is 10.8. The molecule has 3 nitrogen and oxygen atoms in total. The predicted molar refractivity (Wildman–Crippen MR) is 68.6 cm³/mol. The molecule has 0 unspecified atom stereocenters. The SMILES string of the molecule is CC/C=C\C(C#Cc1ccc(C#N)nc1)=NC. The van der Waals surface area contributed by atoms with Gasteiger partial charge in [0.2, 0.25) is 0 Å². The van der Waals surface area contributed by atoms with Gasteiger partial charge in [0.05, 0.1) is 0 Å². The molecule has 0 fully saturated rings. The first-order valence-electron chi connectivity index (χ1n) is 5.31. The fourth-order valence-corrected chi connectivity index (χ4v) is 1.07. The molecule has 0 radical (unpaired) electrons. The number of allylic oxidation sites excluding steroid dienone is 2. The van der Waals surface area contributed by atoms with Gasteiger partial charge in [-0.25, -0.2) is 4.98 Å². The minimum atomic E-state index is 0.394. The van der Waals surface area contributed by atoms with Crippen LogP contribution in [-0.4, -0.2) is 17.7 Å². The number of hydrogen-bond acceptors (Lipinski definition) is 3. The minimum Gasteiger partial charge on any atom is -0.280 e. The van der Waals surface area contributed by atoms with Crippen molar-refractivity contribution in [2.24, 2.45) is 4.99 Å². The molecule has 0 aromatic carbocycles. The van der Waals surface area contributed by atoms with Gasteiger partial charge in [-0.15, -0.1) is 0 Å². The van der Waals surface area contributed by atoms with Gasteiger partial charge in [-0.2, -0.15) is 5.26 Å². The van der Waals surface area contributed by atoms with Gasteiger partial charge < -0.3 is 0 Å². The van der Waals surface area contributed by atoms with Crippen LogP contribution in [0.5, 0.6) is 0 Å². The van der Waals surface area contributed by atoms with E-state index in [1.807, 2.05) is 18.2 Å². The second kappa shape index (κ2) is 6.98. The molecule has 1 heterocycles. The maximum Gasteiger partial charge on any atom is 0.140 e. The lowest BCUT2D eigenvalue weighted by Crippen LogP contribution is -1.88. The molecular formula is C14H13N3. The second-order valence-corrected chi connectivity index (χ2v) is 3.21. The molecule has 0 bridgehead atoms. The van der Waals surface area contributed by atoms with Crippen molar-refractivity contribution in [2.75, 3.05) is 7.05 Å². The summed E-state index contributed by atoms with van der Waals surface area (Å²) in [4.78, 5) is 8.00. The molecule has 17 heavy (non-hydrogen) atoms. The maximum atomic E-state index is 8.61. The third-order valence-corrected chi connectivity index (χ3v) is 1.97. The third-order valence-electron chi connectivity index (χ3n) is 1.97. The number of pyridine rings is 1. The van der Waals surface area contributed by atoms with Gasteiger partial charge in [-0.05, 0) is 30.6 Å². The highest BCUT2D eigenvalue weighted by Crippen LogP contribution is 1.97. The lowest BCUT2D eigenvalue weighted by atomic mass is 10.2. The lowest BCUT2D eigenvalue weighted by molar-refractivity contribution is 1.23. The number of rotatable bonds is 2. The van der Waals surface area contributed by atoms with E-state index < -0.39 is 0 Å². The standard InChI is InChI=1S/C14H13N3/c1-3-4-5-13(16-2)8-6-12-7-9-14(10-15)17-11-12/h4-5,7,9,11H,3H2,1-2H3/b5-4-,16-13?. The van der Waals surface area contributed by atoms with E-state index in [4.69, 9.17) is 5.26 Å². The van der Waals surface area contributed by atoms with Crippen LogP contribution in [0.25, 0.3) is 0 Å². The Bertz CT molecular complexity index is 519. The quantitative estimate of drug-likeness (QED) is 0.570. The zero-order chi connectivity index (χ0) is 12.5. The van der Waals surface area contributed by atoms with Crippen LogP contribution in [0.1, 0.15) is 24.6 Å². The van der Waals surface area contributed by atoms with Crippen LogP contribution in [0, 0.1) is 23.2 Å². The van der Waals surface area contributed by atoms with Gasteiger partial charge >= 0.3 is 0 Å². The molecule has 1 aromatic rings. The van der Waals surface area contributed by atoms with Gasteiger partial charge in [-0.3, -0.25) is 4.99 Å². The summed E-state index contributed by atoms with van der Waals surface area (Å²) < 4.78 is 0. The third kappa shape index (κ3) is 4.32. The molecule has 0 aliphatic carbocycles. The first-order valence-corrected chi connectivity index (χ1v) is 5.31. The van der Waals surface area contributed by atoms with E-state index in [9.17, 15) is 0 Å². The summed E-state index contributed by atoms with van der Waals surface area (Å²) >= 11 is 0. The van der Waals surface area contributed by atoms with Crippen LogP contribution in [-0.2, 0) is 0 Å². The Morgan fingerprint density at radius 1 is 1.53 bits per heavy atom. The van der Waals surface area contributed by atoms with Crippen molar-refractivity contribution in [3.05, 3.63) is 41.7 Å². The second-order valence-electron chi connectivity index (χ2n) is 3.21. The molecule has 0 N–H and O–H groups in total. The van der Waals surface area contributed by atoms with Gasteiger partial charge in [-0.1, -0.05) is 18.9 Å². The number of hydrogen-bond donors (Lipinski definition) is 0. The van der Waals surface area contributed by atoms with Crippen molar-refractivity contribution in [3.8, 4) is 17.9 Å². The van der Waals surface area contributed by atoms with E-state index in [0.29, 0.717) is 5.69 Å². The molecule has 0 aliphatic rings. The zero-order valence-electron chi connectivity index (χ0n) is 9.94. The van der Waals surface area contributed by atoms with Crippen LogP contribution >= 0.6 is 0 Å². The summed E-state index contributed by atoms with van der Waals surface area (Å²) in [6.45, 7) is 2.06. The Kier molecular flexibility index (Phi) is 5.20. The molecule has 84 valence electrons. The van der Waals surface area contributed by atoms with Crippen LogP contribution in [0.3, 0.4) is 0 Å². The molecule has 3 heteroatoms. The van der Waals surface area contributed by atoms with Crippen molar-refractivity contribution >= 4 is 5.71 Å². The van der Waals surface area contributed by atoms with Gasteiger partial charge in [0.15, 0.2) is 0 Å². The Hall–Kier alpha value is -2.39. The first-order chi connectivity index (χ1) is 8.30. The predicted octanol–water partition coefficient (Wildman–Crippen LogP) is 2.34. The van der Waals surface area contributed by atoms with Crippen molar-refractivity contribution < 1.29 is 0 Å². The Morgan fingerprint density at radius 2 is 2.35 bits per heavy atom. The summed E-state index contributed by atoms with van der Waals surface area (Å²) in [6, 6.07) is 5.38. The van der Waals surface area contributed by atoms with Gasteiger partial charge in [0.25, 0.3) is 0 Å². The molecular weight excluding hydrogens is 210 g/mol. The van der Waals surface area contributed by atoms with Crippen molar-refractivity contribution in [3.63, 3.8) is 0 Å². The topological polar surface area (TPSA) is 49.0 Å². The van der Waals surface area contributed by atoms with E-state index in [1.165, 1.54) is 0 Å². The highest BCUT2D eigenvalue weighted by Gasteiger charge is 1.91. The van der Waals surface area contributed by atoms with Gasteiger partial charge in [0.1, 0.15) is 17.5 Å². The number of nitriles is 1. The zero-order valence-corrected chi connectivity index (χ0v) is 9.94. The number of aliphatic imine (C=N–C) groups is 1. The lowest BCUT2D eigenvalue weighted by Gasteiger charge is -1.90. The first kappa shape index (κ1) is 12.7. The van der Waals surface area contributed by atoms with Crippen LogP contribution in [0.4, 0.5) is 0 Å². The fraction of sp³-hybridized carbons (Fsp3) is 0.214. The largest absolute Gasteiger partial charge is 0.280 e. The van der Waals surface area contributed by atoms with Gasteiger partial charge in [0, 0.05) is 18.8 Å². The summed E-state index contributed by atoms with van der Waals surface area (Å²) in [5.41, 5.74) is 1.90. The van der Waals surface area contributed by atoms with Crippen LogP contribution in [0.15, 0.2) is 35.5 Å². The van der Waals surface area contributed by atoms with E-state index >= 15 is 0 Å². The summed E-state index contributed by atoms with van der Waals surface area (Å²) in [7, 11) is 1.71. The fourth-order valence-electron chi connectivity index (χ4n) is 1.07. The minimum absolute atomic E-state index is 0.394. The number of aromatic nitrogens is 1. The van der Waals surface area contributed by atoms with E-state index in [-0.39, 0.29) is 0 Å². The van der Waals surface area contributed by atoms with Crippen molar-refractivity contribution in [2.45, 2.75) is 13.3 Å². The Morgan fingerprint density at radius 3 is 2.88 bits per heavy atom. The molecule has 0 spiro atoms. The Labute approximate surface area is 102 Å². The van der Waals surface area contributed by atoms with Crippen molar-refractivity contribution in [1.29, 1.82) is 5.26 Å². The van der Waals surface area contributed by atoms with Crippen LogP contribution < -0.4 is 0 Å². The molecule has 1 aromatic heterocycles. The van der Waals surface area contributed by atoms with E-state index in [0.717, 1.165) is 17.7 Å². The smallest absolute Gasteiger partial charge is 0.140 e. The number of nitrogens with zero attached hydrogens (tertiary/aromatic N) is 3. The maximum absolute atomic E-state index is 8.61. The monoisotopic (exact) mass is 223 g/mol. The van der Waals surface area contributed by atoms with Crippen LogP contribution in [0.2, 0.25) is 0 Å². The summed E-state index contributed by atoms with van der Waals surface area (Å²) in [5.74, 6) is 5.90. The molecule has 1 rings (SSSR count).